The highest BCUT2D eigenvalue weighted by molar-refractivity contribution is 6.07. The number of aromatic nitrogens is 2. The molecule has 28 heavy (non-hydrogen) atoms. The number of halogens is 3. The van der Waals surface area contributed by atoms with Crippen molar-refractivity contribution in [3.8, 4) is 0 Å². The van der Waals surface area contributed by atoms with Gasteiger partial charge in [0.05, 0.1) is 17.6 Å². The van der Waals surface area contributed by atoms with Crippen molar-refractivity contribution in [3.05, 3.63) is 65.7 Å². The number of benzene rings is 2. The number of carbonyl (C=O) groups excluding carboxylic acids is 2. The van der Waals surface area contributed by atoms with E-state index in [0.717, 1.165) is 4.90 Å². The monoisotopic (exact) mass is 388 g/mol. The normalized spacial score (nSPS) is 19.7. The smallest absolute Gasteiger partial charge is 0.319 e. The third-order valence-electron chi connectivity index (χ3n) is 4.86. The number of imide groups is 1. The topological polar surface area (TPSA) is 67.2 Å². The summed E-state index contributed by atoms with van der Waals surface area (Å²) in [6.07, 6.45) is 0. The number of hydrogen-bond donors (Lipinski definition) is 1. The predicted octanol–water partition coefficient (Wildman–Crippen LogP) is 3.54. The van der Waals surface area contributed by atoms with E-state index in [1.54, 1.807) is 18.2 Å². The number of amides is 3. The van der Waals surface area contributed by atoms with Gasteiger partial charge in [0.1, 0.15) is 17.2 Å². The number of para-hydroxylation sites is 2. The Balaban J connectivity index is 1.70. The zero-order chi connectivity index (χ0) is 20.1. The molecule has 0 bridgehead atoms. The molecule has 1 saturated heterocycles. The lowest BCUT2D eigenvalue weighted by molar-refractivity contribution is -0.131. The van der Waals surface area contributed by atoms with Crippen LogP contribution >= 0.6 is 0 Å². The van der Waals surface area contributed by atoms with E-state index in [9.17, 15) is 22.8 Å². The number of nitrogens with zero attached hydrogens (tertiary/aromatic N) is 3. The fourth-order valence-corrected chi connectivity index (χ4v) is 3.38. The number of rotatable bonds is 4. The molecule has 1 fully saturated rings. The number of hydrogen-bond acceptors (Lipinski definition) is 3. The number of urea groups is 1. The largest absolute Gasteiger partial charge is 0.325 e. The Kier molecular flexibility index (Phi) is 4.10. The van der Waals surface area contributed by atoms with Gasteiger partial charge in [-0.05, 0) is 36.8 Å². The summed E-state index contributed by atoms with van der Waals surface area (Å²) in [5, 5.41) is 2.56. The lowest BCUT2D eigenvalue weighted by Gasteiger charge is -2.22. The van der Waals surface area contributed by atoms with Gasteiger partial charge in [0.25, 0.3) is 5.91 Å². The SMILES string of the molecule is C[C@]1(c2ccc(F)cc2)NC(=O)N(Cc2nc3ccccc3n2C(F)F)C1=O. The summed E-state index contributed by atoms with van der Waals surface area (Å²) in [5.41, 5.74) is -0.490. The molecule has 3 amide bonds. The molecule has 1 N–H and O–H groups in total. The van der Waals surface area contributed by atoms with E-state index in [4.69, 9.17) is 0 Å². The first-order valence-electron chi connectivity index (χ1n) is 8.45. The molecular formula is C19H15F3N4O2. The molecule has 3 aromatic rings. The number of fused-ring (bicyclic) bond motifs is 1. The molecule has 0 unspecified atom stereocenters. The molecule has 9 heteroatoms. The van der Waals surface area contributed by atoms with Crippen molar-refractivity contribution in [1.29, 1.82) is 0 Å². The second kappa shape index (κ2) is 6.36. The molecule has 1 aliphatic rings. The van der Waals surface area contributed by atoms with Crippen molar-refractivity contribution in [2.75, 3.05) is 0 Å². The molecule has 144 valence electrons. The Morgan fingerprint density at radius 2 is 1.79 bits per heavy atom. The minimum Gasteiger partial charge on any atom is -0.319 e. The van der Waals surface area contributed by atoms with Crippen LogP contribution in [0.4, 0.5) is 18.0 Å². The number of carbonyl (C=O) groups is 2. The molecule has 0 saturated carbocycles. The van der Waals surface area contributed by atoms with Crippen LogP contribution in [0.15, 0.2) is 48.5 Å². The fourth-order valence-electron chi connectivity index (χ4n) is 3.38. The molecule has 0 spiro atoms. The lowest BCUT2D eigenvalue weighted by Crippen LogP contribution is -2.40. The summed E-state index contributed by atoms with van der Waals surface area (Å²) in [6, 6.07) is 10.7. The van der Waals surface area contributed by atoms with Crippen LogP contribution < -0.4 is 5.32 Å². The molecule has 0 radical (unpaired) electrons. The van der Waals surface area contributed by atoms with Gasteiger partial charge in [0, 0.05) is 0 Å². The molecule has 0 aliphatic carbocycles. The van der Waals surface area contributed by atoms with Crippen LogP contribution in [0.2, 0.25) is 0 Å². The maximum absolute atomic E-state index is 13.6. The van der Waals surface area contributed by atoms with Crippen LogP contribution in [0, 0.1) is 5.82 Å². The van der Waals surface area contributed by atoms with Crippen LogP contribution in [0.5, 0.6) is 0 Å². The van der Waals surface area contributed by atoms with Crippen LogP contribution in [0.3, 0.4) is 0 Å². The summed E-state index contributed by atoms with van der Waals surface area (Å²) in [4.78, 5) is 30.4. The summed E-state index contributed by atoms with van der Waals surface area (Å²) < 4.78 is 41.1. The summed E-state index contributed by atoms with van der Waals surface area (Å²) >= 11 is 0. The van der Waals surface area contributed by atoms with Gasteiger partial charge >= 0.3 is 12.6 Å². The first-order chi connectivity index (χ1) is 13.3. The van der Waals surface area contributed by atoms with Crippen molar-refractivity contribution in [2.45, 2.75) is 25.6 Å². The summed E-state index contributed by atoms with van der Waals surface area (Å²) in [5.74, 6) is -1.22. The molecule has 1 atom stereocenters. The van der Waals surface area contributed by atoms with Crippen molar-refractivity contribution >= 4 is 23.0 Å². The van der Waals surface area contributed by atoms with Gasteiger partial charge in [0.2, 0.25) is 0 Å². The fraction of sp³-hybridized carbons (Fsp3) is 0.211. The molecule has 2 aromatic carbocycles. The second-order valence-corrected chi connectivity index (χ2v) is 6.62. The standard InChI is InChI=1S/C19H15F3N4O2/c1-19(11-6-8-12(20)9-7-11)16(27)25(18(28)24-19)10-15-23-13-4-2-3-5-14(13)26(15)17(21)22/h2-9,17H,10H2,1H3,(H,24,28)/t19-/m1/s1. The zero-order valence-corrected chi connectivity index (χ0v) is 14.7. The minimum absolute atomic E-state index is 0.108. The van der Waals surface area contributed by atoms with E-state index in [-0.39, 0.29) is 11.3 Å². The lowest BCUT2D eigenvalue weighted by atomic mass is 9.92. The summed E-state index contributed by atoms with van der Waals surface area (Å²) in [6.45, 7) is -1.82. The van der Waals surface area contributed by atoms with Gasteiger partial charge in [-0.3, -0.25) is 14.3 Å². The van der Waals surface area contributed by atoms with Gasteiger partial charge in [-0.15, -0.1) is 0 Å². The quantitative estimate of drug-likeness (QED) is 0.696. The van der Waals surface area contributed by atoms with E-state index in [1.807, 2.05) is 0 Å². The molecule has 2 heterocycles. The van der Waals surface area contributed by atoms with E-state index < -0.39 is 36.4 Å². The van der Waals surface area contributed by atoms with Gasteiger partial charge < -0.3 is 5.32 Å². The Morgan fingerprint density at radius 1 is 1.11 bits per heavy atom. The third-order valence-corrected chi connectivity index (χ3v) is 4.86. The zero-order valence-electron chi connectivity index (χ0n) is 14.7. The highest BCUT2D eigenvalue weighted by Crippen LogP contribution is 2.31. The van der Waals surface area contributed by atoms with Crippen LogP contribution in [-0.4, -0.2) is 26.4 Å². The second-order valence-electron chi connectivity index (χ2n) is 6.62. The first-order valence-corrected chi connectivity index (χ1v) is 8.45. The van der Waals surface area contributed by atoms with Crippen LogP contribution in [-0.2, 0) is 16.9 Å². The molecule has 1 aromatic heterocycles. The van der Waals surface area contributed by atoms with Gasteiger partial charge in [-0.1, -0.05) is 24.3 Å². The highest BCUT2D eigenvalue weighted by Gasteiger charge is 2.49. The highest BCUT2D eigenvalue weighted by atomic mass is 19.3. The summed E-state index contributed by atoms with van der Waals surface area (Å²) in [7, 11) is 0. The maximum Gasteiger partial charge on any atom is 0.325 e. The Bertz CT molecular complexity index is 1080. The first kappa shape index (κ1) is 18.0. The predicted molar refractivity (Wildman–Crippen MR) is 93.8 cm³/mol. The van der Waals surface area contributed by atoms with Crippen molar-refractivity contribution in [1.82, 2.24) is 19.8 Å². The van der Waals surface area contributed by atoms with Gasteiger partial charge in [-0.25, -0.2) is 14.2 Å². The van der Waals surface area contributed by atoms with E-state index in [0.29, 0.717) is 15.6 Å². The van der Waals surface area contributed by atoms with Crippen molar-refractivity contribution in [3.63, 3.8) is 0 Å². The Morgan fingerprint density at radius 3 is 2.46 bits per heavy atom. The van der Waals surface area contributed by atoms with Gasteiger partial charge in [0.15, 0.2) is 0 Å². The number of nitrogens with one attached hydrogen (secondary N) is 1. The van der Waals surface area contributed by atoms with E-state index in [1.165, 1.54) is 37.3 Å². The molecular weight excluding hydrogens is 373 g/mol. The van der Waals surface area contributed by atoms with Crippen molar-refractivity contribution in [2.24, 2.45) is 0 Å². The average Bonchev–Trinajstić information content (AvgIpc) is 3.13. The third kappa shape index (κ3) is 2.70. The maximum atomic E-state index is 13.6. The Labute approximate surface area is 157 Å². The van der Waals surface area contributed by atoms with Crippen molar-refractivity contribution < 1.29 is 22.8 Å². The average molecular weight is 388 g/mol. The van der Waals surface area contributed by atoms with Crippen LogP contribution in [0.25, 0.3) is 11.0 Å². The molecule has 6 nitrogen and oxygen atoms in total. The molecule has 4 rings (SSSR count). The Hall–Kier alpha value is -3.36. The number of alkyl halides is 2. The van der Waals surface area contributed by atoms with Crippen LogP contribution in [0.1, 0.15) is 24.9 Å². The molecule has 1 aliphatic heterocycles. The van der Waals surface area contributed by atoms with Gasteiger partial charge in [-0.2, -0.15) is 8.78 Å². The number of imidazole rings is 1. The minimum atomic E-state index is -2.88. The van der Waals surface area contributed by atoms with E-state index in [2.05, 4.69) is 10.3 Å². The van der Waals surface area contributed by atoms with E-state index >= 15 is 0 Å².